The van der Waals surface area contributed by atoms with Crippen LogP contribution >= 0.6 is 11.3 Å². The molecule has 1 atom stereocenters. The highest BCUT2D eigenvalue weighted by Crippen LogP contribution is 2.35. The standard InChI is InChI=1S/C10H16FNS/c1-3-5-10(11,7-12)9-8(2)4-6-13-9/h4,6H,3,5,7,12H2,1-2H3. The molecule has 1 nitrogen and oxygen atoms in total. The van der Waals surface area contributed by atoms with Gasteiger partial charge in [0.1, 0.15) is 0 Å². The third-order valence-electron chi connectivity index (χ3n) is 2.24. The number of halogens is 1. The van der Waals surface area contributed by atoms with E-state index in [2.05, 4.69) is 0 Å². The van der Waals surface area contributed by atoms with E-state index in [9.17, 15) is 4.39 Å². The van der Waals surface area contributed by atoms with Crippen LogP contribution in [0.4, 0.5) is 4.39 Å². The normalized spacial score (nSPS) is 15.7. The van der Waals surface area contributed by atoms with E-state index in [1.165, 1.54) is 11.3 Å². The lowest BCUT2D eigenvalue weighted by molar-refractivity contribution is 0.163. The lowest BCUT2D eigenvalue weighted by atomic mass is 9.96. The van der Waals surface area contributed by atoms with E-state index in [-0.39, 0.29) is 6.54 Å². The lowest BCUT2D eigenvalue weighted by Gasteiger charge is -2.22. The van der Waals surface area contributed by atoms with E-state index in [4.69, 9.17) is 5.73 Å². The maximum Gasteiger partial charge on any atom is 0.157 e. The van der Waals surface area contributed by atoms with Gasteiger partial charge in [-0.2, -0.15) is 0 Å². The lowest BCUT2D eigenvalue weighted by Crippen LogP contribution is -2.29. The van der Waals surface area contributed by atoms with E-state index in [1.807, 2.05) is 25.3 Å². The molecule has 0 radical (unpaired) electrons. The van der Waals surface area contributed by atoms with E-state index >= 15 is 0 Å². The molecule has 0 aliphatic heterocycles. The predicted octanol–water partition coefficient (Wildman–Crippen LogP) is 2.98. The Kier molecular flexibility index (Phi) is 3.45. The fourth-order valence-electron chi connectivity index (χ4n) is 1.54. The summed E-state index contributed by atoms with van der Waals surface area (Å²) in [6, 6.07) is 1.94. The van der Waals surface area contributed by atoms with Crippen molar-refractivity contribution < 1.29 is 4.39 Å². The molecule has 0 saturated heterocycles. The smallest absolute Gasteiger partial charge is 0.157 e. The summed E-state index contributed by atoms with van der Waals surface area (Å²) in [4.78, 5) is 0.803. The first-order valence-corrected chi connectivity index (χ1v) is 5.45. The van der Waals surface area contributed by atoms with E-state index in [0.717, 1.165) is 16.9 Å². The van der Waals surface area contributed by atoms with Crippen LogP contribution in [0.25, 0.3) is 0 Å². The molecule has 0 spiro atoms. The molecular weight excluding hydrogens is 185 g/mol. The topological polar surface area (TPSA) is 26.0 Å². The second-order valence-corrected chi connectivity index (χ2v) is 4.27. The first kappa shape index (κ1) is 10.7. The maximum atomic E-state index is 14.2. The minimum absolute atomic E-state index is 0.0855. The largest absolute Gasteiger partial charge is 0.327 e. The van der Waals surface area contributed by atoms with E-state index in [1.54, 1.807) is 0 Å². The molecule has 0 aliphatic carbocycles. The fourth-order valence-corrected chi connectivity index (χ4v) is 2.60. The summed E-state index contributed by atoms with van der Waals surface area (Å²) in [5.74, 6) is 0. The molecule has 2 N–H and O–H groups in total. The Morgan fingerprint density at radius 3 is 2.69 bits per heavy atom. The summed E-state index contributed by atoms with van der Waals surface area (Å²) in [6.07, 6.45) is 1.34. The molecule has 13 heavy (non-hydrogen) atoms. The van der Waals surface area contributed by atoms with Gasteiger partial charge in [0.15, 0.2) is 5.67 Å². The highest BCUT2D eigenvalue weighted by Gasteiger charge is 2.31. The Bertz CT molecular complexity index is 272. The van der Waals surface area contributed by atoms with Gasteiger partial charge >= 0.3 is 0 Å². The van der Waals surface area contributed by atoms with E-state index < -0.39 is 5.67 Å². The second-order valence-electron chi connectivity index (χ2n) is 3.35. The average molecular weight is 201 g/mol. The van der Waals surface area contributed by atoms with Gasteiger partial charge in [-0.1, -0.05) is 13.3 Å². The number of hydrogen-bond donors (Lipinski definition) is 1. The molecule has 3 heteroatoms. The number of thiophene rings is 1. The van der Waals surface area contributed by atoms with Crippen LogP contribution in [0.3, 0.4) is 0 Å². The van der Waals surface area contributed by atoms with Crippen LogP contribution in [-0.2, 0) is 5.67 Å². The van der Waals surface area contributed by atoms with Crippen LogP contribution in [0.15, 0.2) is 11.4 Å². The Hall–Kier alpha value is -0.410. The molecule has 0 saturated carbocycles. The number of hydrogen-bond acceptors (Lipinski definition) is 2. The third-order valence-corrected chi connectivity index (χ3v) is 3.43. The molecule has 0 aromatic carbocycles. The monoisotopic (exact) mass is 201 g/mol. The van der Waals surface area contributed by atoms with Crippen LogP contribution in [-0.4, -0.2) is 6.54 Å². The van der Waals surface area contributed by atoms with Crippen molar-refractivity contribution in [1.29, 1.82) is 0 Å². The van der Waals surface area contributed by atoms with Gasteiger partial charge in [0.2, 0.25) is 0 Å². The summed E-state index contributed by atoms with van der Waals surface area (Å²) < 4.78 is 14.2. The van der Waals surface area contributed by atoms with Crippen molar-refractivity contribution in [2.24, 2.45) is 5.73 Å². The molecule has 0 bridgehead atoms. The van der Waals surface area contributed by atoms with Gasteiger partial charge in [0.25, 0.3) is 0 Å². The number of nitrogens with two attached hydrogens (primary N) is 1. The van der Waals surface area contributed by atoms with Crippen LogP contribution in [0, 0.1) is 6.92 Å². The SMILES string of the molecule is CCCC(F)(CN)c1sccc1C. The number of rotatable bonds is 4. The Balaban J connectivity index is 2.95. The molecule has 1 unspecified atom stereocenters. The van der Waals surface area contributed by atoms with Gasteiger partial charge in [0.05, 0.1) is 0 Å². The summed E-state index contributed by atoms with van der Waals surface area (Å²) in [7, 11) is 0. The van der Waals surface area contributed by atoms with Gasteiger partial charge in [-0.25, -0.2) is 4.39 Å². The molecule has 1 heterocycles. The quantitative estimate of drug-likeness (QED) is 0.796. The molecule has 1 rings (SSSR count). The Morgan fingerprint density at radius 1 is 1.62 bits per heavy atom. The molecule has 0 aliphatic rings. The van der Waals surface area contributed by atoms with Crippen molar-refractivity contribution in [3.8, 4) is 0 Å². The zero-order valence-electron chi connectivity index (χ0n) is 8.14. The van der Waals surface area contributed by atoms with Gasteiger partial charge in [0, 0.05) is 11.4 Å². The van der Waals surface area contributed by atoms with Gasteiger partial charge < -0.3 is 5.73 Å². The third kappa shape index (κ3) is 2.09. The molecular formula is C10H16FNS. The van der Waals surface area contributed by atoms with Crippen molar-refractivity contribution in [3.63, 3.8) is 0 Å². The van der Waals surface area contributed by atoms with Crippen LogP contribution in [0.2, 0.25) is 0 Å². The van der Waals surface area contributed by atoms with Crippen molar-refractivity contribution in [3.05, 3.63) is 21.9 Å². The first-order chi connectivity index (χ1) is 6.14. The number of alkyl halides is 1. The first-order valence-electron chi connectivity index (χ1n) is 4.57. The van der Waals surface area contributed by atoms with E-state index in [0.29, 0.717) is 6.42 Å². The highest BCUT2D eigenvalue weighted by atomic mass is 32.1. The fraction of sp³-hybridized carbons (Fsp3) is 0.600. The van der Waals surface area contributed by atoms with Crippen molar-refractivity contribution in [1.82, 2.24) is 0 Å². The second kappa shape index (κ2) is 4.20. The molecule has 74 valence electrons. The highest BCUT2D eigenvalue weighted by molar-refractivity contribution is 7.10. The van der Waals surface area contributed by atoms with Crippen LogP contribution in [0.1, 0.15) is 30.2 Å². The minimum Gasteiger partial charge on any atom is -0.327 e. The summed E-state index contributed by atoms with van der Waals surface area (Å²) in [5.41, 5.74) is 5.21. The minimum atomic E-state index is -1.30. The van der Waals surface area contributed by atoms with Crippen molar-refractivity contribution in [2.45, 2.75) is 32.4 Å². The molecule has 0 amide bonds. The van der Waals surface area contributed by atoms with Crippen LogP contribution < -0.4 is 5.73 Å². The summed E-state index contributed by atoms with van der Waals surface area (Å²) >= 11 is 1.47. The Morgan fingerprint density at radius 2 is 2.31 bits per heavy atom. The number of aryl methyl sites for hydroxylation is 1. The zero-order valence-corrected chi connectivity index (χ0v) is 8.96. The van der Waals surface area contributed by atoms with Crippen molar-refractivity contribution in [2.75, 3.05) is 6.54 Å². The van der Waals surface area contributed by atoms with Gasteiger partial charge in [-0.15, -0.1) is 11.3 Å². The maximum absolute atomic E-state index is 14.2. The molecule has 1 aromatic heterocycles. The van der Waals surface area contributed by atoms with Crippen molar-refractivity contribution >= 4 is 11.3 Å². The predicted molar refractivity (Wildman–Crippen MR) is 55.8 cm³/mol. The Labute approximate surface area is 82.8 Å². The molecule has 0 fully saturated rings. The van der Waals surface area contributed by atoms with Gasteiger partial charge in [-0.3, -0.25) is 0 Å². The van der Waals surface area contributed by atoms with Gasteiger partial charge in [-0.05, 0) is 30.4 Å². The molecule has 1 aromatic rings. The summed E-state index contributed by atoms with van der Waals surface area (Å²) in [6.45, 7) is 4.00. The van der Waals surface area contributed by atoms with Crippen LogP contribution in [0.5, 0.6) is 0 Å². The zero-order chi connectivity index (χ0) is 9.90. The summed E-state index contributed by atoms with van der Waals surface area (Å²) in [5, 5.41) is 1.92. The average Bonchev–Trinajstić information content (AvgIpc) is 2.52.